The van der Waals surface area contributed by atoms with Gasteiger partial charge in [-0.25, -0.2) is 4.39 Å². The summed E-state index contributed by atoms with van der Waals surface area (Å²) in [5, 5.41) is 14.3. The monoisotopic (exact) mass is 370 g/mol. The van der Waals surface area contributed by atoms with Gasteiger partial charge in [-0.05, 0) is 42.8 Å². The number of hydrogen-bond donors (Lipinski definition) is 2. The smallest absolute Gasteiger partial charge is 0.272 e. The lowest BCUT2D eigenvalue weighted by Gasteiger charge is -2.10. The highest BCUT2D eigenvalue weighted by atomic mass is 35.5. The summed E-state index contributed by atoms with van der Waals surface area (Å²) < 4.78 is 13.6. The first-order chi connectivity index (χ1) is 12.5. The molecule has 0 aliphatic rings. The number of aromatic nitrogens is 2. The van der Waals surface area contributed by atoms with Gasteiger partial charge in [0.25, 0.3) is 5.91 Å². The molecule has 0 aliphatic heterocycles. The van der Waals surface area contributed by atoms with Crippen molar-refractivity contribution in [2.75, 3.05) is 5.32 Å². The van der Waals surface area contributed by atoms with Crippen molar-refractivity contribution in [3.8, 4) is 0 Å². The summed E-state index contributed by atoms with van der Waals surface area (Å²) in [6.45, 7) is 1.97. The maximum absolute atomic E-state index is 13.6. The van der Waals surface area contributed by atoms with Gasteiger partial charge in [-0.3, -0.25) is 4.79 Å². The minimum Gasteiger partial charge on any atom is -0.346 e. The SMILES string of the molecule is Cc1c(Cl)cccc1Nc1ccc(C(=O)NCc2ccccc2F)nn1. The third kappa shape index (κ3) is 4.15. The molecule has 0 fully saturated rings. The zero-order valence-electron chi connectivity index (χ0n) is 14.0. The van der Waals surface area contributed by atoms with Gasteiger partial charge in [0.05, 0.1) is 0 Å². The Morgan fingerprint density at radius 2 is 1.88 bits per heavy atom. The first kappa shape index (κ1) is 17.8. The fourth-order valence-corrected chi connectivity index (χ4v) is 2.48. The van der Waals surface area contributed by atoms with Crippen molar-refractivity contribution in [1.82, 2.24) is 15.5 Å². The molecule has 1 amide bonds. The van der Waals surface area contributed by atoms with Crippen LogP contribution < -0.4 is 10.6 Å². The Balaban J connectivity index is 1.64. The molecule has 7 heteroatoms. The summed E-state index contributed by atoms with van der Waals surface area (Å²) in [5.41, 5.74) is 2.25. The number of halogens is 2. The van der Waals surface area contributed by atoms with Gasteiger partial charge < -0.3 is 10.6 Å². The van der Waals surface area contributed by atoms with E-state index in [1.54, 1.807) is 36.4 Å². The molecule has 1 aromatic heterocycles. The van der Waals surface area contributed by atoms with Crippen LogP contribution >= 0.6 is 11.6 Å². The van der Waals surface area contributed by atoms with Gasteiger partial charge in [0.1, 0.15) is 5.82 Å². The molecule has 3 rings (SSSR count). The number of carbonyl (C=O) groups excluding carboxylic acids is 1. The topological polar surface area (TPSA) is 66.9 Å². The van der Waals surface area contributed by atoms with Crippen molar-refractivity contribution >= 4 is 29.0 Å². The van der Waals surface area contributed by atoms with E-state index >= 15 is 0 Å². The molecule has 3 aromatic rings. The van der Waals surface area contributed by atoms with E-state index in [9.17, 15) is 9.18 Å². The van der Waals surface area contributed by atoms with E-state index in [-0.39, 0.29) is 18.1 Å². The minimum atomic E-state index is -0.425. The zero-order chi connectivity index (χ0) is 18.5. The first-order valence-corrected chi connectivity index (χ1v) is 8.30. The lowest BCUT2D eigenvalue weighted by molar-refractivity contribution is 0.0944. The van der Waals surface area contributed by atoms with Gasteiger partial charge in [-0.1, -0.05) is 35.9 Å². The van der Waals surface area contributed by atoms with E-state index in [0.717, 1.165) is 11.3 Å². The Labute approximate surface area is 155 Å². The molecule has 0 saturated carbocycles. The van der Waals surface area contributed by atoms with E-state index in [4.69, 9.17) is 11.6 Å². The molecule has 26 heavy (non-hydrogen) atoms. The lowest BCUT2D eigenvalue weighted by Crippen LogP contribution is -2.24. The van der Waals surface area contributed by atoms with Gasteiger partial charge in [0.2, 0.25) is 0 Å². The Hall–Kier alpha value is -2.99. The van der Waals surface area contributed by atoms with Crippen molar-refractivity contribution < 1.29 is 9.18 Å². The van der Waals surface area contributed by atoms with Crippen molar-refractivity contribution in [2.45, 2.75) is 13.5 Å². The van der Waals surface area contributed by atoms with Gasteiger partial charge in [-0.15, -0.1) is 10.2 Å². The van der Waals surface area contributed by atoms with Crippen LogP contribution in [0.4, 0.5) is 15.9 Å². The Morgan fingerprint density at radius 3 is 2.62 bits per heavy atom. The van der Waals surface area contributed by atoms with Crippen LogP contribution in [0.25, 0.3) is 0 Å². The molecule has 0 spiro atoms. The number of anilines is 2. The normalized spacial score (nSPS) is 10.4. The molecule has 0 radical (unpaired) electrons. The summed E-state index contributed by atoms with van der Waals surface area (Å²) in [4.78, 5) is 12.1. The second-order valence-electron chi connectivity index (χ2n) is 5.62. The molecular weight excluding hydrogens is 355 g/mol. The second kappa shape index (κ2) is 7.93. The van der Waals surface area contributed by atoms with Crippen LogP contribution in [0.1, 0.15) is 21.6 Å². The molecule has 0 bridgehead atoms. The van der Waals surface area contributed by atoms with Crippen molar-refractivity contribution in [1.29, 1.82) is 0 Å². The number of rotatable bonds is 5. The largest absolute Gasteiger partial charge is 0.346 e. The third-order valence-electron chi connectivity index (χ3n) is 3.82. The van der Waals surface area contributed by atoms with Crippen LogP contribution in [-0.4, -0.2) is 16.1 Å². The van der Waals surface area contributed by atoms with Crippen LogP contribution in [0.15, 0.2) is 54.6 Å². The predicted molar refractivity (Wildman–Crippen MR) is 99.1 cm³/mol. The second-order valence-corrected chi connectivity index (χ2v) is 6.02. The summed E-state index contributed by atoms with van der Waals surface area (Å²) in [6, 6.07) is 15.0. The lowest BCUT2D eigenvalue weighted by atomic mass is 10.2. The predicted octanol–water partition coefficient (Wildman–Crippen LogP) is 4.25. The number of nitrogens with zero attached hydrogens (tertiary/aromatic N) is 2. The van der Waals surface area contributed by atoms with Crippen molar-refractivity contribution in [2.24, 2.45) is 0 Å². The van der Waals surface area contributed by atoms with Crippen molar-refractivity contribution in [3.63, 3.8) is 0 Å². The molecule has 0 unspecified atom stereocenters. The summed E-state index contributed by atoms with van der Waals surface area (Å²) in [5.74, 6) is -0.303. The van der Waals surface area contributed by atoms with Gasteiger partial charge in [-0.2, -0.15) is 0 Å². The molecule has 1 heterocycles. The Bertz CT molecular complexity index is 931. The number of carbonyl (C=O) groups is 1. The Morgan fingerprint density at radius 1 is 1.08 bits per heavy atom. The summed E-state index contributed by atoms with van der Waals surface area (Å²) in [7, 11) is 0. The Kier molecular flexibility index (Phi) is 5.43. The van der Waals surface area contributed by atoms with Crippen LogP contribution in [0.2, 0.25) is 5.02 Å². The van der Waals surface area contributed by atoms with Crippen molar-refractivity contribution in [3.05, 3.63) is 82.3 Å². The molecule has 132 valence electrons. The van der Waals surface area contributed by atoms with Gasteiger partial charge >= 0.3 is 0 Å². The van der Waals surface area contributed by atoms with Crippen LogP contribution in [0.5, 0.6) is 0 Å². The van der Waals surface area contributed by atoms with E-state index in [1.165, 1.54) is 6.07 Å². The fraction of sp³-hybridized carbons (Fsp3) is 0.105. The average Bonchev–Trinajstić information content (AvgIpc) is 2.65. The van der Waals surface area contributed by atoms with E-state index in [2.05, 4.69) is 20.8 Å². The molecule has 0 aliphatic carbocycles. The number of hydrogen-bond acceptors (Lipinski definition) is 4. The highest BCUT2D eigenvalue weighted by molar-refractivity contribution is 6.31. The molecular formula is C19H16ClFN4O. The quantitative estimate of drug-likeness (QED) is 0.704. The maximum Gasteiger partial charge on any atom is 0.272 e. The van der Waals surface area contributed by atoms with Crippen LogP contribution in [0, 0.1) is 12.7 Å². The molecule has 2 aromatic carbocycles. The highest BCUT2D eigenvalue weighted by Gasteiger charge is 2.10. The molecule has 5 nitrogen and oxygen atoms in total. The number of nitrogens with one attached hydrogen (secondary N) is 2. The molecule has 2 N–H and O–H groups in total. The molecule has 0 saturated heterocycles. The minimum absolute atomic E-state index is 0.0783. The highest BCUT2D eigenvalue weighted by Crippen LogP contribution is 2.25. The first-order valence-electron chi connectivity index (χ1n) is 7.92. The number of amides is 1. The fourth-order valence-electron chi connectivity index (χ4n) is 2.31. The molecule has 0 atom stereocenters. The van der Waals surface area contributed by atoms with Gasteiger partial charge in [0, 0.05) is 22.8 Å². The third-order valence-corrected chi connectivity index (χ3v) is 4.23. The van der Waals surface area contributed by atoms with Gasteiger partial charge in [0.15, 0.2) is 11.5 Å². The average molecular weight is 371 g/mol. The number of benzene rings is 2. The van der Waals surface area contributed by atoms with E-state index < -0.39 is 5.91 Å². The van der Waals surface area contributed by atoms with E-state index in [1.807, 2.05) is 19.1 Å². The summed E-state index contributed by atoms with van der Waals surface area (Å²) in [6.07, 6.45) is 0. The zero-order valence-corrected chi connectivity index (χ0v) is 14.7. The van der Waals surface area contributed by atoms with Crippen LogP contribution in [-0.2, 0) is 6.54 Å². The van der Waals surface area contributed by atoms with Crippen LogP contribution in [0.3, 0.4) is 0 Å². The van der Waals surface area contributed by atoms with E-state index in [0.29, 0.717) is 16.4 Å². The summed E-state index contributed by atoms with van der Waals surface area (Å²) >= 11 is 6.09. The maximum atomic E-state index is 13.6. The standard InChI is InChI=1S/C19H16ClFN4O/c1-12-14(20)6-4-8-16(12)23-18-10-9-17(24-25-18)19(26)22-11-13-5-2-3-7-15(13)21/h2-10H,11H2,1H3,(H,22,26)(H,23,25).